The average Bonchev–Trinajstić information content (AvgIpc) is 2.45. The van der Waals surface area contributed by atoms with Gasteiger partial charge in [0.2, 0.25) is 5.91 Å². The number of benzene rings is 1. The molecule has 0 aliphatic heterocycles. The molecule has 0 fully saturated rings. The molecule has 0 aliphatic carbocycles. The van der Waals surface area contributed by atoms with Crippen LogP contribution in [0.2, 0.25) is 0 Å². The molecule has 5 nitrogen and oxygen atoms in total. The van der Waals surface area contributed by atoms with Gasteiger partial charge in [0.1, 0.15) is 11.5 Å². The van der Waals surface area contributed by atoms with Crippen molar-refractivity contribution in [2.45, 2.75) is 12.8 Å². The summed E-state index contributed by atoms with van der Waals surface area (Å²) in [5.74, 6) is 1.53. The average molecular weight is 266 g/mol. The van der Waals surface area contributed by atoms with Crippen LogP contribution in [0.25, 0.3) is 0 Å². The summed E-state index contributed by atoms with van der Waals surface area (Å²) in [4.78, 5) is 11.6. The van der Waals surface area contributed by atoms with Gasteiger partial charge in [-0.15, -0.1) is 0 Å². The van der Waals surface area contributed by atoms with Crippen LogP contribution in [0.5, 0.6) is 11.5 Å². The minimum atomic E-state index is 0.0528. The summed E-state index contributed by atoms with van der Waals surface area (Å²) < 4.78 is 10.4. The van der Waals surface area contributed by atoms with Gasteiger partial charge in [0, 0.05) is 25.6 Å². The minimum Gasteiger partial charge on any atom is -0.497 e. The van der Waals surface area contributed by atoms with Crippen molar-refractivity contribution in [3.8, 4) is 11.5 Å². The van der Waals surface area contributed by atoms with Crippen molar-refractivity contribution in [2.24, 2.45) is 0 Å². The van der Waals surface area contributed by atoms with Crippen molar-refractivity contribution in [1.82, 2.24) is 10.6 Å². The number of carbonyl (C=O) groups is 1. The molecule has 1 rings (SSSR count). The molecule has 1 amide bonds. The van der Waals surface area contributed by atoms with Gasteiger partial charge in [0.15, 0.2) is 0 Å². The van der Waals surface area contributed by atoms with Crippen molar-refractivity contribution in [1.29, 1.82) is 0 Å². The molecule has 0 heterocycles. The maximum atomic E-state index is 11.6. The summed E-state index contributed by atoms with van der Waals surface area (Å²) in [5, 5.41) is 5.83. The zero-order valence-electron chi connectivity index (χ0n) is 11.8. The third-order valence-corrected chi connectivity index (χ3v) is 2.75. The molecule has 2 N–H and O–H groups in total. The summed E-state index contributed by atoms with van der Waals surface area (Å²) in [6, 6.07) is 5.66. The first-order chi connectivity index (χ1) is 9.19. The predicted octanol–water partition coefficient (Wildman–Crippen LogP) is 0.972. The summed E-state index contributed by atoms with van der Waals surface area (Å²) in [5.41, 5.74) is 1.03. The molecule has 0 atom stereocenters. The molecule has 0 saturated heterocycles. The van der Waals surface area contributed by atoms with Crippen LogP contribution in [0.3, 0.4) is 0 Å². The van der Waals surface area contributed by atoms with Gasteiger partial charge in [-0.05, 0) is 31.2 Å². The van der Waals surface area contributed by atoms with Gasteiger partial charge in [-0.2, -0.15) is 0 Å². The zero-order chi connectivity index (χ0) is 14.1. The van der Waals surface area contributed by atoms with Gasteiger partial charge in [0.25, 0.3) is 0 Å². The Labute approximate surface area is 114 Å². The van der Waals surface area contributed by atoms with Crippen LogP contribution in [0, 0.1) is 0 Å². The lowest BCUT2D eigenvalue weighted by Gasteiger charge is -2.09. The van der Waals surface area contributed by atoms with E-state index >= 15 is 0 Å². The molecule has 0 aromatic heterocycles. The van der Waals surface area contributed by atoms with Gasteiger partial charge < -0.3 is 20.1 Å². The van der Waals surface area contributed by atoms with Gasteiger partial charge in [-0.1, -0.05) is 0 Å². The van der Waals surface area contributed by atoms with Crippen molar-refractivity contribution in [2.75, 3.05) is 34.4 Å². The van der Waals surface area contributed by atoms with Crippen molar-refractivity contribution >= 4 is 5.91 Å². The maximum Gasteiger partial charge on any atom is 0.220 e. The van der Waals surface area contributed by atoms with Gasteiger partial charge in [0.05, 0.1) is 14.2 Å². The van der Waals surface area contributed by atoms with Gasteiger partial charge in [-0.3, -0.25) is 4.79 Å². The number of likely N-dealkylation sites (N-methyl/N-ethyl adjacent to an activating group) is 1. The van der Waals surface area contributed by atoms with E-state index < -0.39 is 0 Å². The highest BCUT2D eigenvalue weighted by molar-refractivity contribution is 5.76. The Morgan fingerprint density at radius 3 is 2.26 bits per heavy atom. The second-order valence-electron chi connectivity index (χ2n) is 4.17. The van der Waals surface area contributed by atoms with Gasteiger partial charge >= 0.3 is 0 Å². The Kier molecular flexibility index (Phi) is 6.74. The van der Waals surface area contributed by atoms with E-state index in [2.05, 4.69) is 10.6 Å². The highest BCUT2D eigenvalue weighted by Gasteiger charge is 2.05. The Morgan fingerprint density at radius 1 is 1.11 bits per heavy atom. The molecular formula is C14H22N2O3. The first-order valence-corrected chi connectivity index (χ1v) is 6.33. The third kappa shape index (κ3) is 5.61. The number of ether oxygens (including phenoxy) is 2. The smallest absolute Gasteiger partial charge is 0.220 e. The van der Waals surface area contributed by atoms with Crippen LogP contribution >= 0.6 is 0 Å². The van der Waals surface area contributed by atoms with E-state index in [4.69, 9.17) is 9.47 Å². The van der Waals surface area contributed by atoms with E-state index in [1.807, 2.05) is 25.2 Å². The summed E-state index contributed by atoms with van der Waals surface area (Å²) >= 11 is 0. The Bertz CT molecular complexity index is 385. The molecule has 1 aromatic carbocycles. The molecule has 5 heteroatoms. The number of hydrogen-bond acceptors (Lipinski definition) is 4. The number of carbonyl (C=O) groups excluding carboxylic acids is 1. The number of methoxy groups -OCH3 is 2. The van der Waals surface area contributed by atoms with E-state index in [0.717, 1.165) is 23.6 Å². The molecule has 0 radical (unpaired) electrons. The lowest BCUT2D eigenvalue weighted by molar-refractivity contribution is -0.121. The van der Waals surface area contributed by atoms with E-state index in [9.17, 15) is 4.79 Å². The highest BCUT2D eigenvalue weighted by Crippen LogP contribution is 2.23. The van der Waals surface area contributed by atoms with E-state index in [1.54, 1.807) is 14.2 Å². The van der Waals surface area contributed by atoms with Crippen molar-refractivity contribution < 1.29 is 14.3 Å². The van der Waals surface area contributed by atoms with Crippen LogP contribution in [-0.4, -0.2) is 40.3 Å². The molecule has 0 spiro atoms. The van der Waals surface area contributed by atoms with E-state index in [1.165, 1.54) is 0 Å². The molecule has 0 bridgehead atoms. The number of aryl methyl sites for hydroxylation is 1. The standard InChI is InChI=1S/C14H22N2O3/c1-15-6-7-16-14(17)5-4-11-8-12(18-2)10-13(9-11)19-3/h8-10,15H,4-7H2,1-3H3,(H,16,17). The molecule has 0 unspecified atom stereocenters. The van der Waals surface area contributed by atoms with Crippen LogP contribution in [0.1, 0.15) is 12.0 Å². The SMILES string of the molecule is CNCCNC(=O)CCc1cc(OC)cc(OC)c1. The fourth-order valence-corrected chi connectivity index (χ4v) is 1.68. The Morgan fingerprint density at radius 2 is 1.74 bits per heavy atom. The summed E-state index contributed by atoms with van der Waals surface area (Å²) in [7, 11) is 5.08. The first-order valence-electron chi connectivity index (χ1n) is 6.33. The highest BCUT2D eigenvalue weighted by atomic mass is 16.5. The quantitative estimate of drug-likeness (QED) is 0.688. The topological polar surface area (TPSA) is 59.6 Å². The first kappa shape index (κ1) is 15.3. The Balaban J connectivity index is 2.50. The zero-order valence-corrected chi connectivity index (χ0v) is 11.8. The molecular weight excluding hydrogens is 244 g/mol. The maximum absolute atomic E-state index is 11.6. The number of amides is 1. The summed E-state index contributed by atoms with van der Waals surface area (Å²) in [6.07, 6.45) is 1.12. The Hall–Kier alpha value is -1.75. The van der Waals surface area contributed by atoms with Crippen LogP contribution in [-0.2, 0) is 11.2 Å². The molecule has 0 aliphatic rings. The molecule has 106 valence electrons. The third-order valence-electron chi connectivity index (χ3n) is 2.75. The van der Waals surface area contributed by atoms with Crippen LogP contribution < -0.4 is 20.1 Å². The second-order valence-corrected chi connectivity index (χ2v) is 4.17. The van der Waals surface area contributed by atoms with Gasteiger partial charge in [-0.25, -0.2) is 0 Å². The second kappa shape index (κ2) is 8.37. The monoisotopic (exact) mass is 266 g/mol. The van der Waals surface area contributed by atoms with E-state index in [-0.39, 0.29) is 5.91 Å². The normalized spacial score (nSPS) is 10.1. The lowest BCUT2D eigenvalue weighted by Crippen LogP contribution is -2.30. The van der Waals surface area contributed by atoms with Crippen LogP contribution in [0.15, 0.2) is 18.2 Å². The molecule has 19 heavy (non-hydrogen) atoms. The largest absolute Gasteiger partial charge is 0.497 e. The number of hydrogen-bond donors (Lipinski definition) is 2. The summed E-state index contributed by atoms with van der Waals surface area (Å²) in [6.45, 7) is 1.43. The van der Waals surface area contributed by atoms with Crippen molar-refractivity contribution in [3.05, 3.63) is 23.8 Å². The predicted molar refractivity (Wildman–Crippen MR) is 74.8 cm³/mol. The van der Waals surface area contributed by atoms with Crippen LogP contribution in [0.4, 0.5) is 0 Å². The molecule has 1 aromatic rings. The van der Waals surface area contributed by atoms with E-state index in [0.29, 0.717) is 19.4 Å². The number of nitrogens with one attached hydrogen (secondary N) is 2. The fourth-order valence-electron chi connectivity index (χ4n) is 1.68. The minimum absolute atomic E-state index is 0.0528. The van der Waals surface area contributed by atoms with Crippen molar-refractivity contribution in [3.63, 3.8) is 0 Å². The lowest BCUT2D eigenvalue weighted by atomic mass is 10.1. The number of rotatable bonds is 8. The fraction of sp³-hybridized carbons (Fsp3) is 0.500. The molecule has 0 saturated carbocycles.